The van der Waals surface area contributed by atoms with Gasteiger partial charge in [-0.2, -0.15) is 0 Å². The molecule has 1 aromatic heterocycles. The highest BCUT2D eigenvalue weighted by atomic mass is 19.1. The fourth-order valence-electron chi connectivity index (χ4n) is 1.59. The van der Waals surface area contributed by atoms with E-state index in [1.54, 1.807) is 19.4 Å². The number of methoxy groups -OCH3 is 1. The highest BCUT2D eigenvalue weighted by molar-refractivity contribution is 5.54. The number of nitrogen functional groups attached to an aromatic ring is 1. The molecule has 18 heavy (non-hydrogen) atoms. The minimum absolute atomic E-state index is 0.357. The van der Waals surface area contributed by atoms with Crippen molar-refractivity contribution >= 4 is 11.4 Å². The lowest BCUT2D eigenvalue weighted by atomic mass is 10.2. The van der Waals surface area contributed by atoms with Gasteiger partial charge in [0.05, 0.1) is 7.11 Å². The predicted molar refractivity (Wildman–Crippen MR) is 68.9 cm³/mol. The Morgan fingerprint density at radius 2 is 2.17 bits per heavy atom. The first-order chi connectivity index (χ1) is 8.67. The Balaban J connectivity index is 2.06. The summed E-state index contributed by atoms with van der Waals surface area (Å²) in [7, 11) is 1.56. The normalized spacial score (nSPS) is 10.1. The summed E-state index contributed by atoms with van der Waals surface area (Å²) >= 11 is 0. The standard InChI is InChI=1S/C13H14FN3O/c1-18-13-4-9(2-3-16-13)8-17-12-6-10(14)5-11(15)7-12/h2-7,17H,8,15H2,1H3. The number of halogens is 1. The Kier molecular flexibility index (Phi) is 3.62. The molecule has 4 nitrogen and oxygen atoms in total. The van der Waals surface area contributed by atoms with Gasteiger partial charge in [0.25, 0.3) is 0 Å². The van der Waals surface area contributed by atoms with Gasteiger partial charge in [-0.25, -0.2) is 9.37 Å². The molecule has 0 saturated heterocycles. The molecule has 0 aliphatic heterocycles. The van der Waals surface area contributed by atoms with Crippen molar-refractivity contribution in [2.45, 2.75) is 6.54 Å². The van der Waals surface area contributed by atoms with Crippen molar-refractivity contribution in [1.82, 2.24) is 4.98 Å². The van der Waals surface area contributed by atoms with E-state index in [2.05, 4.69) is 10.3 Å². The molecule has 2 aromatic rings. The van der Waals surface area contributed by atoms with Crippen molar-refractivity contribution in [2.75, 3.05) is 18.2 Å². The molecule has 5 heteroatoms. The maximum atomic E-state index is 13.1. The molecule has 0 saturated carbocycles. The number of nitrogens with one attached hydrogen (secondary N) is 1. The van der Waals surface area contributed by atoms with Crippen molar-refractivity contribution < 1.29 is 9.13 Å². The van der Waals surface area contributed by atoms with Crippen molar-refractivity contribution in [1.29, 1.82) is 0 Å². The Bertz CT molecular complexity index is 525. The molecule has 1 heterocycles. The minimum atomic E-state index is -0.357. The van der Waals surface area contributed by atoms with E-state index in [1.165, 1.54) is 12.1 Å². The fourth-order valence-corrected chi connectivity index (χ4v) is 1.59. The van der Waals surface area contributed by atoms with Gasteiger partial charge in [0.15, 0.2) is 0 Å². The monoisotopic (exact) mass is 247 g/mol. The van der Waals surface area contributed by atoms with E-state index in [0.717, 1.165) is 5.56 Å². The van der Waals surface area contributed by atoms with Gasteiger partial charge in [0.1, 0.15) is 5.82 Å². The molecule has 0 spiro atoms. The molecule has 2 rings (SSSR count). The molecular formula is C13H14FN3O. The summed E-state index contributed by atoms with van der Waals surface area (Å²) in [5.74, 6) is 0.192. The van der Waals surface area contributed by atoms with E-state index < -0.39 is 0 Å². The number of benzene rings is 1. The average Bonchev–Trinajstić information content (AvgIpc) is 2.35. The third kappa shape index (κ3) is 3.10. The summed E-state index contributed by atoms with van der Waals surface area (Å²) in [6.07, 6.45) is 1.66. The van der Waals surface area contributed by atoms with Crippen molar-refractivity contribution in [2.24, 2.45) is 0 Å². The van der Waals surface area contributed by atoms with Crippen LogP contribution in [0.3, 0.4) is 0 Å². The van der Waals surface area contributed by atoms with Crippen LogP contribution in [0, 0.1) is 5.82 Å². The maximum Gasteiger partial charge on any atom is 0.213 e. The second kappa shape index (κ2) is 5.35. The summed E-state index contributed by atoms with van der Waals surface area (Å²) in [5.41, 5.74) is 7.59. The Morgan fingerprint density at radius 3 is 2.89 bits per heavy atom. The minimum Gasteiger partial charge on any atom is -0.481 e. The number of hydrogen-bond acceptors (Lipinski definition) is 4. The van der Waals surface area contributed by atoms with E-state index in [4.69, 9.17) is 10.5 Å². The fraction of sp³-hybridized carbons (Fsp3) is 0.154. The number of aromatic nitrogens is 1. The van der Waals surface area contributed by atoms with Crippen LogP contribution in [-0.2, 0) is 6.54 Å². The Labute approximate surface area is 105 Å². The molecule has 94 valence electrons. The molecule has 0 aliphatic carbocycles. The quantitative estimate of drug-likeness (QED) is 0.814. The number of hydrogen-bond donors (Lipinski definition) is 2. The summed E-state index contributed by atoms with van der Waals surface area (Å²) < 4.78 is 18.1. The van der Waals surface area contributed by atoms with Crippen LogP contribution in [-0.4, -0.2) is 12.1 Å². The van der Waals surface area contributed by atoms with E-state index in [0.29, 0.717) is 23.8 Å². The lowest BCUT2D eigenvalue weighted by Gasteiger charge is -2.08. The van der Waals surface area contributed by atoms with Gasteiger partial charge >= 0.3 is 0 Å². The van der Waals surface area contributed by atoms with Crippen LogP contribution in [0.1, 0.15) is 5.56 Å². The first-order valence-corrected chi connectivity index (χ1v) is 5.46. The summed E-state index contributed by atoms with van der Waals surface area (Å²) in [5, 5.41) is 3.09. The Morgan fingerprint density at radius 1 is 1.33 bits per heavy atom. The maximum absolute atomic E-state index is 13.1. The van der Waals surface area contributed by atoms with Crippen molar-refractivity contribution in [3.8, 4) is 5.88 Å². The molecule has 0 radical (unpaired) electrons. The van der Waals surface area contributed by atoms with Crippen LogP contribution in [0.5, 0.6) is 5.88 Å². The zero-order valence-electron chi connectivity index (χ0n) is 9.98. The van der Waals surface area contributed by atoms with E-state index in [9.17, 15) is 4.39 Å². The van der Waals surface area contributed by atoms with Gasteiger partial charge in [0, 0.05) is 30.2 Å². The second-order valence-corrected chi connectivity index (χ2v) is 3.83. The zero-order valence-corrected chi connectivity index (χ0v) is 9.98. The number of anilines is 2. The number of nitrogens with two attached hydrogens (primary N) is 1. The lowest BCUT2D eigenvalue weighted by Crippen LogP contribution is -2.01. The SMILES string of the molecule is COc1cc(CNc2cc(N)cc(F)c2)ccn1. The van der Waals surface area contributed by atoms with Crippen molar-refractivity contribution in [3.05, 3.63) is 47.9 Å². The molecule has 1 aromatic carbocycles. The van der Waals surface area contributed by atoms with E-state index >= 15 is 0 Å². The molecule has 0 atom stereocenters. The third-order valence-electron chi connectivity index (χ3n) is 2.43. The number of rotatable bonds is 4. The number of ether oxygens (including phenoxy) is 1. The lowest BCUT2D eigenvalue weighted by molar-refractivity contribution is 0.397. The topological polar surface area (TPSA) is 60.2 Å². The average molecular weight is 247 g/mol. The highest BCUT2D eigenvalue weighted by Gasteiger charge is 2.00. The number of nitrogens with zero attached hydrogens (tertiary/aromatic N) is 1. The molecule has 0 bridgehead atoms. The number of pyridine rings is 1. The van der Waals surface area contributed by atoms with E-state index in [-0.39, 0.29) is 5.82 Å². The Hall–Kier alpha value is -2.30. The van der Waals surface area contributed by atoms with Gasteiger partial charge in [-0.15, -0.1) is 0 Å². The second-order valence-electron chi connectivity index (χ2n) is 3.83. The van der Waals surface area contributed by atoms with Crippen LogP contribution < -0.4 is 15.8 Å². The first kappa shape index (κ1) is 12.2. The van der Waals surface area contributed by atoms with Gasteiger partial charge in [-0.1, -0.05) is 0 Å². The molecule has 3 N–H and O–H groups in total. The first-order valence-electron chi connectivity index (χ1n) is 5.46. The van der Waals surface area contributed by atoms with Crippen molar-refractivity contribution in [3.63, 3.8) is 0 Å². The molecular weight excluding hydrogens is 233 g/mol. The molecule has 0 aliphatic rings. The van der Waals surface area contributed by atoms with Crippen LogP contribution in [0.4, 0.5) is 15.8 Å². The third-order valence-corrected chi connectivity index (χ3v) is 2.43. The summed E-state index contributed by atoms with van der Waals surface area (Å²) in [6.45, 7) is 0.543. The molecule has 0 unspecified atom stereocenters. The van der Waals surface area contributed by atoms with E-state index in [1.807, 2.05) is 12.1 Å². The zero-order chi connectivity index (χ0) is 13.0. The van der Waals surface area contributed by atoms with Gasteiger partial charge in [-0.3, -0.25) is 0 Å². The van der Waals surface area contributed by atoms with Crippen LogP contribution in [0.25, 0.3) is 0 Å². The van der Waals surface area contributed by atoms with Crippen LogP contribution in [0.15, 0.2) is 36.5 Å². The van der Waals surface area contributed by atoms with Crippen LogP contribution in [0.2, 0.25) is 0 Å². The summed E-state index contributed by atoms with van der Waals surface area (Å²) in [6, 6.07) is 8.03. The predicted octanol–water partition coefficient (Wildman–Crippen LogP) is 2.42. The van der Waals surface area contributed by atoms with Gasteiger partial charge in [0.2, 0.25) is 5.88 Å². The van der Waals surface area contributed by atoms with Crippen LogP contribution >= 0.6 is 0 Å². The largest absolute Gasteiger partial charge is 0.481 e. The molecule has 0 amide bonds. The smallest absolute Gasteiger partial charge is 0.213 e. The highest BCUT2D eigenvalue weighted by Crippen LogP contribution is 2.17. The van der Waals surface area contributed by atoms with Gasteiger partial charge < -0.3 is 15.8 Å². The molecule has 0 fully saturated rings. The van der Waals surface area contributed by atoms with Gasteiger partial charge in [-0.05, 0) is 29.8 Å². The summed E-state index contributed by atoms with van der Waals surface area (Å²) in [4.78, 5) is 4.01.